The first-order valence-corrected chi connectivity index (χ1v) is 7.14. The van der Waals surface area contributed by atoms with E-state index in [9.17, 15) is 0 Å². The summed E-state index contributed by atoms with van der Waals surface area (Å²) in [5.74, 6) is 1.93. The van der Waals surface area contributed by atoms with Crippen LogP contribution in [0.1, 0.15) is 18.4 Å². The maximum atomic E-state index is 6.04. The van der Waals surface area contributed by atoms with Crippen molar-refractivity contribution in [2.75, 3.05) is 32.8 Å². The molecular formula is C15H21N3O2. The van der Waals surface area contributed by atoms with Crippen LogP contribution in [0.3, 0.4) is 0 Å². The largest absolute Gasteiger partial charge is 0.488 e. The van der Waals surface area contributed by atoms with Gasteiger partial charge in [0.1, 0.15) is 11.9 Å². The minimum atomic E-state index is 0.0759. The minimum absolute atomic E-state index is 0.0759. The van der Waals surface area contributed by atoms with Crippen LogP contribution >= 0.6 is 0 Å². The van der Waals surface area contributed by atoms with Crippen LogP contribution in [-0.4, -0.2) is 49.8 Å². The summed E-state index contributed by atoms with van der Waals surface area (Å²) in [4.78, 5) is 6.57. The van der Waals surface area contributed by atoms with Crippen LogP contribution in [0.2, 0.25) is 0 Å². The smallest absolute Gasteiger partial charge is 0.191 e. The number of hydrogen-bond donors (Lipinski definition) is 1. The highest BCUT2D eigenvalue weighted by Gasteiger charge is 2.30. The number of aliphatic imine (C=N–C) groups is 1. The van der Waals surface area contributed by atoms with E-state index in [0.717, 1.165) is 32.1 Å². The summed E-state index contributed by atoms with van der Waals surface area (Å²) < 4.78 is 11.3. The molecule has 1 aromatic rings. The van der Waals surface area contributed by atoms with E-state index < -0.39 is 0 Å². The molecule has 2 aliphatic heterocycles. The molecule has 0 bridgehead atoms. The van der Waals surface area contributed by atoms with Crippen LogP contribution in [0.15, 0.2) is 29.3 Å². The molecule has 0 spiro atoms. The van der Waals surface area contributed by atoms with Crippen LogP contribution < -0.4 is 10.5 Å². The summed E-state index contributed by atoms with van der Waals surface area (Å²) in [7, 11) is 0. The molecule has 0 radical (unpaired) electrons. The summed E-state index contributed by atoms with van der Waals surface area (Å²) in [5.41, 5.74) is 7.30. The summed E-state index contributed by atoms with van der Waals surface area (Å²) in [6, 6.07) is 8.18. The van der Waals surface area contributed by atoms with E-state index in [2.05, 4.69) is 22.9 Å². The van der Waals surface area contributed by atoms with Crippen molar-refractivity contribution < 1.29 is 9.47 Å². The van der Waals surface area contributed by atoms with Gasteiger partial charge in [0.25, 0.3) is 0 Å². The first-order chi connectivity index (χ1) is 9.75. The minimum Gasteiger partial charge on any atom is -0.488 e. The van der Waals surface area contributed by atoms with Crippen molar-refractivity contribution in [2.45, 2.75) is 18.9 Å². The van der Waals surface area contributed by atoms with E-state index in [0.29, 0.717) is 18.4 Å². The van der Waals surface area contributed by atoms with E-state index in [4.69, 9.17) is 15.2 Å². The summed E-state index contributed by atoms with van der Waals surface area (Å²) in [6.45, 7) is 5.85. The van der Waals surface area contributed by atoms with Crippen molar-refractivity contribution in [1.82, 2.24) is 4.90 Å². The fraction of sp³-hybridized carbons (Fsp3) is 0.533. The van der Waals surface area contributed by atoms with Crippen LogP contribution in [0.25, 0.3) is 0 Å². The Bertz CT molecular complexity index is 498. The van der Waals surface area contributed by atoms with E-state index in [1.807, 2.05) is 18.2 Å². The van der Waals surface area contributed by atoms with Crippen LogP contribution in [0.5, 0.6) is 5.75 Å². The zero-order chi connectivity index (χ0) is 13.9. The predicted octanol–water partition coefficient (Wildman–Crippen LogP) is 1.20. The molecule has 1 saturated heterocycles. The van der Waals surface area contributed by atoms with Gasteiger partial charge in [-0.05, 0) is 6.07 Å². The molecule has 20 heavy (non-hydrogen) atoms. The number of hydrogen-bond acceptors (Lipinski definition) is 3. The average Bonchev–Trinajstić information content (AvgIpc) is 2.83. The molecule has 2 N–H and O–H groups in total. The predicted molar refractivity (Wildman–Crippen MR) is 78.2 cm³/mol. The number of ether oxygens (including phenoxy) is 2. The van der Waals surface area contributed by atoms with Gasteiger partial charge < -0.3 is 20.1 Å². The Morgan fingerprint density at radius 1 is 1.35 bits per heavy atom. The van der Waals surface area contributed by atoms with Gasteiger partial charge in [-0.3, -0.25) is 0 Å². The van der Waals surface area contributed by atoms with Crippen LogP contribution in [-0.2, 0) is 4.74 Å². The van der Waals surface area contributed by atoms with Crippen molar-refractivity contribution >= 4 is 5.96 Å². The molecule has 0 saturated carbocycles. The number of benzene rings is 1. The lowest BCUT2D eigenvalue weighted by Gasteiger charge is -2.27. The number of para-hydroxylation sites is 1. The number of guanidine groups is 1. The van der Waals surface area contributed by atoms with Gasteiger partial charge in [0.05, 0.1) is 19.8 Å². The molecule has 2 heterocycles. The van der Waals surface area contributed by atoms with Crippen molar-refractivity contribution in [2.24, 2.45) is 10.7 Å². The fourth-order valence-corrected chi connectivity index (χ4v) is 2.70. The first-order valence-electron chi connectivity index (χ1n) is 7.14. The topological polar surface area (TPSA) is 60.1 Å². The van der Waals surface area contributed by atoms with Crippen molar-refractivity contribution in [3.05, 3.63) is 29.8 Å². The number of nitrogens with two attached hydrogens (primary N) is 1. The highest BCUT2D eigenvalue weighted by Crippen LogP contribution is 2.37. The number of morpholine rings is 1. The third-order valence-corrected chi connectivity index (χ3v) is 4.01. The number of rotatable bonds is 2. The lowest BCUT2D eigenvalue weighted by Crippen LogP contribution is -2.45. The second-order valence-electron chi connectivity index (χ2n) is 5.28. The van der Waals surface area contributed by atoms with Crippen LogP contribution in [0, 0.1) is 0 Å². The fourth-order valence-electron chi connectivity index (χ4n) is 2.70. The average molecular weight is 275 g/mol. The summed E-state index contributed by atoms with van der Waals surface area (Å²) in [6.07, 6.45) is 0.0759. The van der Waals surface area contributed by atoms with Gasteiger partial charge in [-0.15, -0.1) is 0 Å². The first kappa shape index (κ1) is 13.2. The third kappa shape index (κ3) is 2.58. The van der Waals surface area contributed by atoms with Crippen molar-refractivity contribution in [3.63, 3.8) is 0 Å². The SMILES string of the molecule is C[C@@H]1c2ccccc2O[C@@H]1CN=C(N)N1CCOCC1. The maximum Gasteiger partial charge on any atom is 0.191 e. The molecule has 108 valence electrons. The van der Waals surface area contributed by atoms with Crippen LogP contribution in [0.4, 0.5) is 0 Å². The normalized spacial score (nSPS) is 26.2. The Labute approximate surface area is 119 Å². The monoisotopic (exact) mass is 275 g/mol. The standard InChI is InChI=1S/C15H21N3O2/c1-11-12-4-2-3-5-13(12)20-14(11)10-17-15(16)18-6-8-19-9-7-18/h2-5,11,14H,6-10H2,1H3,(H2,16,17)/t11-,14-/m1/s1. The molecule has 2 atom stereocenters. The van der Waals surface area contributed by atoms with Gasteiger partial charge in [-0.2, -0.15) is 0 Å². The van der Waals surface area contributed by atoms with Gasteiger partial charge in [0.15, 0.2) is 5.96 Å². The van der Waals surface area contributed by atoms with Gasteiger partial charge in [0, 0.05) is 24.6 Å². The summed E-state index contributed by atoms with van der Waals surface area (Å²) in [5, 5.41) is 0. The molecule has 0 aromatic heterocycles. The van der Waals surface area contributed by atoms with E-state index in [-0.39, 0.29) is 6.10 Å². The number of fused-ring (bicyclic) bond motifs is 1. The lowest BCUT2D eigenvalue weighted by atomic mass is 9.98. The highest BCUT2D eigenvalue weighted by atomic mass is 16.5. The highest BCUT2D eigenvalue weighted by molar-refractivity contribution is 5.78. The van der Waals surface area contributed by atoms with Crippen molar-refractivity contribution in [1.29, 1.82) is 0 Å². The molecule has 1 fully saturated rings. The second kappa shape index (κ2) is 5.71. The zero-order valence-electron chi connectivity index (χ0n) is 11.8. The Kier molecular flexibility index (Phi) is 3.78. The summed E-state index contributed by atoms with van der Waals surface area (Å²) >= 11 is 0. The molecule has 0 amide bonds. The molecule has 2 aliphatic rings. The Balaban J connectivity index is 1.62. The quantitative estimate of drug-likeness (QED) is 0.651. The second-order valence-corrected chi connectivity index (χ2v) is 5.28. The third-order valence-electron chi connectivity index (χ3n) is 4.01. The molecule has 5 heteroatoms. The Morgan fingerprint density at radius 3 is 2.85 bits per heavy atom. The molecule has 3 rings (SSSR count). The maximum absolute atomic E-state index is 6.04. The lowest BCUT2D eigenvalue weighted by molar-refractivity contribution is 0.0673. The van der Waals surface area contributed by atoms with Gasteiger partial charge in [-0.1, -0.05) is 25.1 Å². The van der Waals surface area contributed by atoms with Gasteiger partial charge in [0.2, 0.25) is 0 Å². The van der Waals surface area contributed by atoms with E-state index >= 15 is 0 Å². The Morgan fingerprint density at radius 2 is 2.10 bits per heavy atom. The zero-order valence-corrected chi connectivity index (χ0v) is 11.8. The molecule has 5 nitrogen and oxygen atoms in total. The van der Waals surface area contributed by atoms with E-state index in [1.165, 1.54) is 5.56 Å². The molecule has 0 aliphatic carbocycles. The molecular weight excluding hydrogens is 254 g/mol. The Hall–Kier alpha value is -1.75. The number of nitrogens with zero attached hydrogens (tertiary/aromatic N) is 2. The van der Waals surface area contributed by atoms with E-state index in [1.54, 1.807) is 0 Å². The molecule has 0 unspecified atom stereocenters. The van der Waals surface area contributed by atoms with Gasteiger partial charge >= 0.3 is 0 Å². The molecule has 1 aromatic carbocycles. The van der Waals surface area contributed by atoms with Crippen molar-refractivity contribution in [3.8, 4) is 5.75 Å². The van der Waals surface area contributed by atoms with Gasteiger partial charge in [-0.25, -0.2) is 4.99 Å².